The molecular formula is C20H24N4O4S. The zero-order chi connectivity index (χ0) is 20.0. The molecule has 29 heavy (non-hydrogen) atoms. The third-order valence-corrected chi connectivity index (χ3v) is 7.33. The van der Waals surface area contributed by atoms with Crippen molar-refractivity contribution < 1.29 is 17.9 Å². The number of H-pyrrole nitrogens is 1. The Hall–Kier alpha value is -2.55. The summed E-state index contributed by atoms with van der Waals surface area (Å²) in [5.41, 5.74) is 3.57. The van der Waals surface area contributed by atoms with Gasteiger partial charge in [0.05, 0.1) is 11.5 Å². The molecule has 154 valence electrons. The molecule has 2 heterocycles. The quantitative estimate of drug-likeness (QED) is 0.690. The van der Waals surface area contributed by atoms with Crippen molar-refractivity contribution in [3.63, 3.8) is 0 Å². The first kappa shape index (κ1) is 18.5. The minimum absolute atomic E-state index is 0.0582. The standard InChI is InChI=1S/C20H24N4O4S/c25-20(22-15-4-5-15)28-17-6-2-12(8-17)18-9-19(24-23-18)21-16-3-1-13-10-29(26,27)11-14(13)7-16/h1,3,7,9,12,15,17H,2,4-6,8,10-11H2,(H,22,25)(H2,21,23,24)/t12-,17+/m0/s1. The molecule has 5 rings (SSSR count). The summed E-state index contributed by atoms with van der Waals surface area (Å²) in [7, 11) is -3.01. The van der Waals surface area contributed by atoms with E-state index in [1.807, 2.05) is 24.3 Å². The van der Waals surface area contributed by atoms with Crippen LogP contribution in [0.3, 0.4) is 0 Å². The molecule has 2 aromatic rings. The minimum Gasteiger partial charge on any atom is -0.446 e. The largest absolute Gasteiger partial charge is 0.446 e. The number of alkyl carbamates (subject to hydrolysis) is 1. The maximum atomic E-state index is 11.8. The third kappa shape index (κ3) is 4.24. The molecule has 1 aromatic carbocycles. The van der Waals surface area contributed by atoms with Gasteiger partial charge in [-0.3, -0.25) is 5.10 Å². The summed E-state index contributed by atoms with van der Waals surface area (Å²) in [4.78, 5) is 11.8. The van der Waals surface area contributed by atoms with Crippen molar-refractivity contribution in [1.82, 2.24) is 15.5 Å². The van der Waals surface area contributed by atoms with E-state index in [-0.39, 0.29) is 29.6 Å². The van der Waals surface area contributed by atoms with Gasteiger partial charge in [-0.15, -0.1) is 0 Å². The van der Waals surface area contributed by atoms with Crippen LogP contribution in [0.2, 0.25) is 0 Å². The highest BCUT2D eigenvalue weighted by molar-refractivity contribution is 7.90. The summed E-state index contributed by atoms with van der Waals surface area (Å²) in [5, 5.41) is 13.5. The molecule has 8 nitrogen and oxygen atoms in total. The lowest BCUT2D eigenvalue weighted by molar-refractivity contribution is 0.0997. The third-order valence-electron chi connectivity index (χ3n) is 5.82. The van der Waals surface area contributed by atoms with Gasteiger partial charge < -0.3 is 15.4 Å². The van der Waals surface area contributed by atoms with Crippen molar-refractivity contribution in [2.24, 2.45) is 0 Å². The number of carbonyl (C=O) groups is 1. The molecule has 2 fully saturated rings. The predicted molar refractivity (Wildman–Crippen MR) is 108 cm³/mol. The SMILES string of the molecule is O=C(NC1CC1)O[C@@H]1CC[C@H](c2cc(Nc3ccc4c(c3)CS(=O)(=O)C4)n[nH]2)C1. The number of nitrogens with one attached hydrogen (secondary N) is 3. The number of sulfone groups is 1. The number of nitrogens with zero attached hydrogens (tertiary/aromatic N) is 1. The summed E-state index contributed by atoms with van der Waals surface area (Å²) in [6.07, 6.45) is 4.32. The van der Waals surface area contributed by atoms with Crippen LogP contribution >= 0.6 is 0 Å². The van der Waals surface area contributed by atoms with Crippen LogP contribution in [0.5, 0.6) is 0 Å². The molecule has 0 spiro atoms. The fraction of sp³-hybridized carbons (Fsp3) is 0.500. The Morgan fingerprint density at radius 3 is 2.76 bits per heavy atom. The summed E-state index contributed by atoms with van der Waals surface area (Å²) in [6.45, 7) is 0. The fourth-order valence-corrected chi connectivity index (χ4v) is 5.77. The Morgan fingerprint density at radius 1 is 1.10 bits per heavy atom. The summed E-state index contributed by atoms with van der Waals surface area (Å²) in [5.74, 6) is 1.19. The van der Waals surface area contributed by atoms with Gasteiger partial charge in [0.2, 0.25) is 0 Å². The van der Waals surface area contributed by atoms with Gasteiger partial charge in [-0.2, -0.15) is 5.10 Å². The van der Waals surface area contributed by atoms with E-state index in [9.17, 15) is 13.2 Å². The molecule has 1 aromatic heterocycles. The number of carbonyl (C=O) groups excluding carboxylic acids is 1. The van der Waals surface area contributed by atoms with Gasteiger partial charge in [-0.25, -0.2) is 13.2 Å². The number of aromatic amines is 1. The van der Waals surface area contributed by atoms with E-state index in [2.05, 4.69) is 20.8 Å². The second-order valence-electron chi connectivity index (χ2n) is 8.31. The molecule has 1 amide bonds. The van der Waals surface area contributed by atoms with Crippen molar-refractivity contribution in [1.29, 1.82) is 0 Å². The molecule has 0 radical (unpaired) electrons. The zero-order valence-corrected chi connectivity index (χ0v) is 16.8. The van der Waals surface area contributed by atoms with E-state index in [1.165, 1.54) is 0 Å². The Balaban J connectivity index is 1.19. The van der Waals surface area contributed by atoms with Gasteiger partial charge in [0.25, 0.3) is 0 Å². The Morgan fingerprint density at radius 2 is 1.93 bits per heavy atom. The van der Waals surface area contributed by atoms with Crippen molar-refractivity contribution in [3.8, 4) is 0 Å². The Bertz CT molecular complexity index is 1040. The lowest BCUT2D eigenvalue weighted by atomic mass is 10.0. The van der Waals surface area contributed by atoms with Crippen molar-refractivity contribution in [2.75, 3.05) is 5.32 Å². The minimum atomic E-state index is -3.01. The smallest absolute Gasteiger partial charge is 0.407 e. The lowest BCUT2D eigenvalue weighted by Crippen LogP contribution is -2.29. The van der Waals surface area contributed by atoms with Gasteiger partial charge in [0, 0.05) is 29.4 Å². The summed E-state index contributed by atoms with van der Waals surface area (Å²) in [6, 6.07) is 7.90. The molecule has 2 aliphatic carbocycles. The first-order valence-electron chi connectivity index (χ1n) is 10.1. The molecule has 2 saturated carbocycles. The van der Waals surface area contributed by atoms with Crippen LogP contribution < -0.4 is 10.6 Å². The normalized spacial score (nSPS) is 24.8. The number of hydrogen-bond acceptors (Lipinski definition) is 6. The fourth-order valence-electron chi connectivity index (χ4n) is 4.17. The highest BCUT2D eigenvalue weighted by Gasteiger charge is 2.31. The second kappa shape index (κ2) is 7.05. The molecule has 0 bridgehead atoms. The second-order valence-corrected chi connectivity index (χ2v) is 10.4. The number of anilines is 2. The lowest BCUT2D eigenvalue weighted by Gasteiger charge is -2.12. The number of ether oxygens (including phenoxy) is 1. The Labute approximate surface area is 169 Å². The topological polar surface area (TPSA) is 113 Å². The monoisotopic (exact) mass is 416 g/mol. The average Bonchev–Trinajstić information content (AvgIpc) is 3.04. The van der Waals surface area contributed by atoms with Gasteiger partial charge >= 0.3 is 6.09 Å². The number of aromatic nitrogens is 2. The van der Waals surface area contributed by atoms with E-state index >= 15 is 0 Å². The number of amides is 1. The van der Waals surface area contributed by atoms with Gasteiger partial charge in [-0.05, 0) is 55.4 Å². The van der Waals surface area contributed by atoms with E-state index in [1.54, 1.807) is 0 Å². The van der Waals surface area contributed by atoms with Crippen LogP contribution in [0.25, 0.3) is 0 Å². The molecule has 2 atom stereocenters. The van der Waals surface area contributed by atoms with Crippen molar-refractivity contribution >= 4 is 27.4 Å². The first-order valence-corrected chi connectivity index (χ1v) is 11.9. The van der Waals surface area contributed by atoms with Gasteiger partial charge in [-0.1, -0.05) is 6.07 Å². The molecule has 3 N–H and O–H groups in total. The van der Waals surface area contributed by atoms with Gasteiger partial charge in [0.1, 0.15) is 6.10 Å². The zero-order valence-electron chi connectivity index (χ0n) is 16.0. The van der Waals surface area contributed by atoms with Crippen LogP contribution in [0.1, 0.15) is 54.8 Å². The molecule has 3 aliphatic rings. The maximum absolute atomic E-state index is 11.8. The Kier molecular flexibility index (Phi) is 4.49. The summed E-state index contributed by atoms with van der Waals surface area (Å²) < 4.78 is 29.1. The average molecular weight is 417 g/mol. The van der Waals surface area contributed by atoms with Crippen LogP contribution in [0.4, 0.5) is 16.3 Å². The molecular weight excluding hydrogens is 392 g/mol. The molecule has 0 unspecified atom stereocenters. The number of rotatable bonds is 5. The number of fused-ring (bicyclic) bond motifs is 1. The molecule has 9 heteroatoms. The van der Waals surface area contributed by atoms with Crippen molar-refractivity contribution in [2.45, 2.75) is 61.7 Å². The maximum Gasteiger partial charge on any atom is 0.407 e. The highest BCUT2D eigenvalue weighted by atomic mass is 32.2. The first-order chi connectivity index (χ1) is 13.9. The number of benzene rings is 1. The van der Waals surface area contributed by atoms with E-state index in [4.69, 9.17) is 4.74 Å². The molecule has 0 saturated heterocycles. The van der Waals surface area contributed by atoms with E-state index in [0.29, 0.717) is 11.9 Å². The highest BCUT2D eigenvalue weighted by Crippen LogP contribution is 2.36. The van der Waals surface area contributed by atoms with Crippen LogP contribution in [0.15, 0.2) is 24.3 Å². The summed E-state index contributed by atoms with van der Waals surface area (Å²) >= 11 is 0. The van der Waals surface area contributed by atoms with Crippen LogP contribution in [0, 0.1) is 0 Å². The van der Waals surface area contributed by atoms with Crippen molar-refractivity contribution in [3.05, 3.63) is 41.1 Å². The number of hydrogen-bond donors (Lipinski definition) is 3. The van der Waals surface area contributed by atoms with E-state index < -0.39 is 9.84 Å². The predicted octanol–water partition coefficient (Wildman–Crippen LogP) is 3.11. The molecule has 1 aliphatic heterocycles. The van der Waals surface area contributed by atoms with Gasteiger partial charge in [0.15, 0.2) is 15.7 Å². The van der Waals surface area contributed by atoms with E-state index in [0.717, 1.165) is 54.6 Å². The van der Waals surface area contributed by atoms with Crippen LogP contribution in [-0.4, -0.2) is 36.9 Å². The van der Waals surface area contributed by atoms with Crippen LogP contribution in [-0.2, 0) is 26.1 Å².